The summed E-state index contributed by atoms with van der Waals surface area (Å²) in [5.41, 5.74) is 7.06. The van der Waals surface area contributed by atoms with Crippen molar-refractivity contribution in [2.75, 3.05) is 23.3 Å². The molecular formula is C25H28ClF2N7O2. The van der Waals surface area contributed by atoms with Gasteiger partial charge in [0.25, 0.3) is 5.92 Å². The monoisotopic (exact) mass is 531 g/mol. The van der Waals surface area contributed by atoms with Gasteiger partial charge in [-0.25, -0.2) is 18.6 Å². The summed E-state index contributed by atoms with van der Waals surface area (Å²) in [6.07, 6.45) is 1.97. The zero-order valence-corrected chi connectivity index (χ0v) is 21.3. The van der Waals surface area contributed by atoms with Crippen molar-refractivity contribution < 1.29 is 13.9 Å². The van der Waals surface area contributed by atoms with Crippen LogP contribution in [0.3, 0.4) is 0 Å². The van der Waals surface area contributed by atoms with E-state index in [2.05, 4.69) is 10.3 Å². The van der Waals surface area contributed by atoms with E-state index in [0.29, 0.717) is 24.2 Å². The lowest BCUT2D eigenvalue weighted by atomic mass is 9.91. The topological polar surface area (TPSA) is 125 Å². The molecule has 0 bridgehead atoms. The Morgan fingerprint density at radius 3 is 2.68 bits per heavy atom. The van der Waals surface area contributed by atoms with Crippen molar-refractivity contribution in [3.63, 3.8) is 0 Å². The van der Waals surface area contributed by atoms with Gasteiger partial charge in [-0.1, -0.05) is 18.5 Å². The predicted molar refractivity (Wildman–Crippen MR) is 138 cm³/mol. The van der Waals surface area contributed by atoms with Gasteiger partial charge >= 0.3 is 5.69 Å². The first-order chi connectivity index (χ1) is 17.4. The van der Waals surface area contributed by atoms with Gasteiger partial charge in [-0.15, -0.1) is 0 Å². The van der Waals surface area contributed by atoms with E-state index in [1.807, 2.05) is 6.07 Å². The number of hydrogen-bond acceptors (Lipinski definition) is 7. The Morgan fingerprint density at radius 1 is 1.30 bits per heavy atom. The van der Waals surface area contributed by atoms with E-state index >= 15 is 0 Å². The second kappa shape index (κ2) is 8.97. The Labute approximate surface area is 217 Å². The molecule has 5 rings (SSSR count). The van der Waals surface area contributed by atoms with Crippen LogP contribution in [0.2, 0.25) is 5.02 Å². The highest BCUT2D eigenvalue weighted by Crippen LogP contribution is 2.39. The fraction of sp³-hybridized carbons (Fsp3) is 0.480. The summed E-state index contributed by atoms with van der Waals surface area (Å²) >= 11 is 6.43. The number of aliphatic hydroxyl groups is 1. The Bertz CT molecular complexity index is 1460. The quantitative estimate of drug-likeness (QED) is 0.445. The minimum Gasteiger partial charge on any atom is -0.390 e. The number of piperidine rings is 1. The lowest BCUT2D eigenvalue weighted by molar-refractivity contribution is -0.0807. The van der Waals surface area contributed by atoms with Crippen molar-refractivity contribution in [1.82, 2.24) is 14.1 Å². The zero-order valence-electron chi connectivity index (χ0n) is 20.5. The van der Waals surface area contributed by atoms with Gasteiger partial charge in [0.1, 0.15) is 11.9 Å². The summed E-state index contributed by atoms with van der Waals surface area (Å²) in [6.45, 7) is 1.63. The number of anilines is 3. The summed E-state index contributed by atoms with van der Waals surface area (Å²) in [5.74, 6) is -3.58. The molecule has 1 saturated heterocycles. The molecule has 3 heterocycles. The minimum absolute atomic E-state index is 0.0158. The van der Waals surface area contributed by atoms with Crippen molar-refractivity contribution >= 4 is 40.0 Å². The molecule has 1 aromatic carbocycles. The number of imidazole rings is 1. The minimum atomic E-state index is -3.02. The molecule has 1 aliphatic carbocycles. The van der Waals surface area contributed by atoms with Crippen LogP contribution >= 0.6 is 11.6 Å². The first-order valence-electron chi connectivity index (χ1n) is 12.1. The van der Waals surface area contributed by atoms with Gasteiger partial charge in [0.15, 0.2) is 5.82 Å². The van der Waals surface area contributed by atoms with Crippen molar-refractivity contribution in [1.29, 1.82) is 5.26 Å². The fourth-order valence-electron chi connectivity index (χ4n) is 4.87. The molecule has 4 N–H and O–H groups in total. The number of hydrogen-bond donors (Lipinski definition) is 3. The first-order valence-corrected chi connectivity index (χ1v) is 12.5. The summed E-state index contributed by atoms with van der Waals surface area (Å²) in [5, 5.41) is 23.2. The van der Waals surface area contributed by atoms with Crippen molar-refractivity contribution in [2.45, 2.75) is 50.3 Å². The molecular weight excluding hydrogens is 504 g/mol. The van der Waals surface area contributed by atoms with Gasteiger partial charge < -0.3 is 21.1 Å². The third kappa shape index (κ3) is 4.54. The van der Waals surface area contributed by atoms with Gasteiger partial charge in [0.2, 0.25) is 0 Å². The summed E-state index contributed by atoms with van der Waals surface area (Å²) < 4.78 is 31.8. The average Bonchev–Trinajstić information content (AvgIpc) is 3.54. The summed E-state index contributed by atoms with van der Waals surface area (Å²) in [4.78, 5) is 19.0. The van der Waals surface area contributed by atoms with Gasteiger partial charge in [0, 0.05) is 38.3 Å². The Morgan fingerprint density at radius 2 is 2.03 bits per heavy atom. The van der Waals surface area contributed by atoms with Crippen LogP contribution in [0.25, 0.3) is 11.0 Å². The number of nitrogens with two attached hydrogens (primary N) is 1. The molecule has 2 fully saturated rings. The number of benzene rings is 1. The average molecular weight is 532 g/mol. The number of aromatic nitrogens is 3. The van der Waals surface area contributed by atoms with Gasteiger partial charge in [-0.05, 0) is 43.5 Å². The second-order valence-corrected chi connectivity index (χ2v) is 10.6. The Kier molecular flexibility index (Phi) is 6.17. The van der Waals surface area contributed by atoms with Gasteiger partial charge in [-0.3, -0.25) is 9.13 Å². The molecule has 3 aromatic rings. The van der Waals surface area contributed by atoms with Crippen LogP contribution in [0.4, 0.5) is 26.1 Å². The highest BCUT2D eigenvalue weighted by molar-refractivity contribution is 6.33. The third-order valence-corrected chi connectivity index (χ3v) is 7.76. The first kappa shape index (κ1) is 25.4. The summed E-state index contributed by atoms with van der Waals surface area (Å²) in [7, 11) is 1.69. The Balaban J connectivity index is 1.48. The number of aryl methyl sites for hydroxylation is 2. The van der Waals surface area contributed by atoms with Crippen molar-refractivity contribution in [3.8, 4) is 6.07 Å². The summed E-state index contributed by atoms with van der Waals surface area (Å²) in [6, 6.07) is 7.45. The molecule has 9 nitrogen and oxygen atoms in total. The van der Waals surface area contributed by atoms with Crippen molar-refractivity contribution in [3.05, 3.63) is 45.3 Å². The number of nitrogens with zero attached hydrogens (tertiary/aromatic N) is 5. The molecule has 37 heavy (non-hydrogen) atoms. The van der Waals surface area contributed by atoms with Gasteiger partial charge in [-0.2, -0.15) is 5.26 Å². The number of nitrogens with one attached hydrogen (secondary N) is 1. The predicted octanol–water partition coefficient (Wildman–Crippen LogP) is 3.34. The highest BCUT2D eigenvalue weighted by Gasteiger charge is 2.48. The largest absolute Gasteiger partial charge is 0.390 e. The van der Waals surface area contributed by atoms with E-state index in [9.17, 15) is 23.9 Å². The second-order valence-electron chi connectivity index (χ2n) is 10.2. The number of nitriles is 1. The lowest BCUT2D eigenvalue weighted by Gasteiger charge is -2.41. The maximum atomic E-state index is 14.3. The van der Waals surface area contributed by atoms with E-state index in [0.717, 1.165) is 18.4 Å². The van der Waals surface area contributed by atoms with Crippen LogP contribution in [0.1, 0.15) is 31.7 Å². The lowest BCUT2D eigenvalue weighted by Crippen LogP contribution is -2.60. The van der Waals surface area contributed by atoms with Crippen LogP contribution in [-0.2, 0) is 13.6 Å². The molecule has 0 unspecified atom stereocenters. The van der Waals surface area contributed by atoms with Crippen LogP contribution in [0, 0.1) is 17.2 Å². The molecule has 2 atom stereocenters. The van der Waals surface area contributed by atoms with Crippen LogP contribution in [-0.4, -0.2) is 49.9 Å². The van der Waals surface area contributed by atoms with E-state index in [1.54, 1.807) is 39.3 Å². The third-order valence-electron chi connectivity index (χ3n) is 7.47. The molecule has 1 saturated carbocycles. The van der Waals surface area contributed by atoms with Gasteiger partial charge in [0.05, 0.1) is 33.3 Å². The zero-order chi connectivity index (χ0) is 26.7. The molecule has 0 radical (unpaired) electrons. The standard InChI is InChI=1S/C25H28ClF2N7O2/c1-14-12-34(13-20(30)25(14,27)28)22-15(11-29)9-17(26)21(32-22)31-16-3-4-18-19(10-16)35(23(36)33(18)2)8-7-24(37)5-6-24/h3-4,9-10,14,20,37H,5-8,12-13,30H2,1-2H3,(H,31,32)/t14-,20+/m0/s1. The number of pyridine rings is 1. The molecule has 0 amide bonds. The molecule has 2 aromatic heterocycles. The van der Waals surface area contributed by atoms with E-state index in [-0.39, 0.29) is 41.0 Å². The van der Waals surface area contributed by atoms with E-state index in [1.165, 1.54) is 13.0 Å². The smallest absolute Gasteiger partial charge is 0.328 e. The number of rotatable bonds is 6. The maximum Gasteiger partial charge on any atom is 0.328 e. The van der Waals surface area contributed by atoms with Crippen LogP contribution < -0.4 is 21.6 Å². The van der Waals surface area contributed by atoms with Crippen LogP contribution in [0.5, 0.6) is 0 Å². The number of halogens is 3. The van der Waals surface area contributed by atoms with E-state index < -0.39 is 23.5 Å². The number of fused-ring (bicyclic) bond motifs is 1. The Hall–Kier alpha value is -3.20. The molecule has 12 heteroatoms. The molecule has 196 valence electrons. The normalized spacial score (nSPS) is 22.2. The SMILES string of the molecule is C[C@H]1CN(c2nc(Nc3ccc4c(c3)n(CCC3(O)CC3)c(=O)n4C)c(Cl)cc2C#N)C[C@@H](N)C1(F)F. The van der Waals surface area contributed by atoms with E-state index in [4.69, 9.17) is 17.3 Å². The number of alkyl halides is 2. The maximum absolute atomic E-state index is 14.3. The van der Waals surface area contributed by atoms with Crippen molar-refractivity contribution in [2.24, 2.45) is 18.7 Å². The van der Waals surface area contributed by atoms with Crippen LogP contribution in [0.15, 0.2) is 29.1 Å². The molecule has 2 aliphatic rings. The fourth-order valence-corrected chi connectivity index (χ4v) is 5.07. The molecule has 0 spiro atoms. The molecule has 1 aliphatic heterocycles. The highest BCUT2D eigenvalue weighted by atomic mass is 35.5.